The van der Waals surface area contributed by atoms with Gasteiger partial charge in [-0.3, -0.25) is 14.4 Å². The van der Waals surface area contributed by atoms with Crippen LogP contribution in [0.2, 0.25) is 0 Å². The van der Waals surface area contributed by atoms with Crippen molar-refractivity contribution in [2.45, 2.75) is 32.6 Å². The molecular formula is C24H27N3O4. The molecule has 2 atom stereocenters. The zero-order valence-corrected chi connectivity index (χ0v) is 17.8. The summed E-state index contributed by atoms with van der Waals surface area (Å²) in [6.45, 7) is 2.70. The van der Waals surface area contributed by atoms with E-state index in [2.05, 4.69) is 17.6 Å². The number of hydrogen-bond acceptors (Lipinski definition) is 4. The van der Waals surface area contributed by atoms with Gasteiger partial charge < -0.3 is 20.3 Å². The van der Waals surface area contributed by atoms with Gasteiger partial charge in [-0.05, 0) is 67.6 Å². The van der Waals surface area contributed by atoms with Gasteiger partial charge in [-0.15, -0.1) is 0 Å². The Bertz CT molecular complexity index is 1000. The minimum absolute atomic E-state index is 0.0303. The van der Waals surface area contributed by atoms with Gasteiger partial charge in [0.2, 0.25) is 11.8 Å². The first-order valence-electron chi connectivity index (χ1n) is 10.7. The molecule has 2 fully saturated rings. The molecule has 162 valence electrons. The van der Waals surface area contributed by atoms with Crippen LogP contribution < -0.4 is 20.3 Å². The van der Waals surface area contributed by atoms with E-state index in [0.717, 1.165) is 19.3 Å². The lowest BCUT2D eigenvalue weighted by Gasteiger charge is -2.28. The largest absolute Gasteiger partial charge is 0.495 e. The lowest BCUT2D eigenvalue weighted by atomic mass is 10.1. The molecule has 3 amide bonds. The van der Waals surface area contributed by atoms with Gasteiger partial charge in [-0.1, -0.05) is 6.92 Å². The molecule has 1 heterocycles. The van der Waals surface area contributed by atoms with Crippen molar-refractivity contribution < 1.29 is 19.1 Å². The molecule has 1 saturated heterocycles. The van der Waals surface area contributed by atoms with E-state index < -0.39 is 0 Å². The average Bonchev–Trinajstić information content (AvgIpc) is 3.51. The molecule has 0 bridgehead atoms. The van der Waals surface area contributed by atoms with E-state index in [4.69, 9.17) is 4.74 Å². The summed E-state index contributed by atoms with van der Waals surface area (Å²) in [5.74, 6) is 0.959. The molecule has 7 nitrogen and oxygen atoms in total. The lowest BCUT2D eigenvalue weighted by Crippen LogP contribution is -2.35. The maximum Gasteiger partial charge on any atom is 0.255 e. The number of piperidine rings is 1. The van der Waals surface area contributed by atoms with E-state index in [0.29, 0.717) is 47.3 Å². The zero-order valence-electron chi connectivity index (χ0n) is 17.8. The molecule has 2 unspecified atom stereocenters. The molecular weight excluding hydrogens is 394 g/mol. The van der Waals surface area contributed by atoms with Crippen molar-refractivity contribution in [3.8, 4) is 5.75 Å². The molecule has 0 aromatic heterocycles. The van der Waals surface area contributed by atoms with E-state index in [9.17, 15) is 14.4 Å². The zero-order chi connectivity index (χ0) is 22.0. The third-order valence-corrected chi connectivity index (χ3v) is 5.91. The van der Waals surface area contributed by atoms with Crippen LogP contribution in [0.5, 0.6) is 5.75 Å². The SMILES string of the molecule is COc1ccc(NC(=O)c2ccc(NC(=O)C3CC3C)cc2)cc1N1CCCCC1=O. The average molecular weight is 421 g/mol. The lowest BCUT2D eigenvalue weighted by molar-refractivity contribution is -0.119. The van der Waals surface area contributed by atoms with Crippen molar-refractivity contribution in [2.75, 3.05) is 29.2 Å². The molecule has 0 radical (unpaired) electrons. The van der Waals surface area contributed by atoms with Crippen LogP contribution in [0.1, 0.15) is 43.0 Å². The number of methoxy groups -OCH3 is 1. The van der Waals surface area contributed by atoms with E-state index >= 15 is 0 Å². The van der Waals surface area contributed by atoms with Gasteiger partial charge in [0.05, 0.1) is 12.8 Å². The van der Waals surface area contributed by atoms with Crippen molar-refractivity contribution in [1.82, 2.24) is 0 Å². The van der Waals surface area contributed by atoms with E-state index in [1.807, 2.05) is 0 Å². The summed E-state index contributed by atoms with van der Waals surface area (Å²) in [5, 5.41) is 5.77. The highest BCUT2D eigenvalue weighted by atomic mass is 16.5. The topological polar surface area (TPSA) is 87.7 Å². The van der Waals surface area contributed by atoms with Crippen LogP contribution in [0, 0.1) is 11.8 Å². The van der Waals surface area contributed by atoms with Crippen molar-refractivity contribution in [1.29, 1.82) is 0 Å². The Morgan fingerprint density at radius 1 is 1.03 bits per heavy atom. The molecule has 2 aliphatic rings. The molecule has 4 rings (SSSR count). The second-order valence-corrected chi connectivity index (χ2v) is 8.23. The van der Waals surface area contributed by atoms with Crippen LogP contribution in [0.15, 0.2) is 42.5 Å². The highest BCUT2D eigenvalue weighted by molar-refractivity contribution is 6.05. The number of carbonyl (C=O) groups is 3. The summed E-state index contributed by atoms with van der Waals surface area (Å²) in [7, 11) is 1.57. The molecule has 1 saturated carbocycles. The monoisotopic (exact) mass is 421 g/mol. The van der Waals surface area contributed by atoms with Crippen molar-refractivity contribution in [3.05, 3.63) is 48.0 Å². The van der Waals surface area contributed by atoms with Gasteiger partial charge in [-0.2, -0.15) is 0 Å². The van der Waals surface area contributed by atoms with Crippen molar-refractivity contribution in [3.63, 3.8) is 0 Å². The van der Waals surface area contributed by atoms with Gasteiger partial charge >= 0.3 is 0 Å². The van der Waals surface area contributed by atoms with Gasteiger partial charge in [0.1, 0.15) is 5.75 Å². The first-order chi connectivity index (χ1) is 15.0. The fraction of sp³-hybridized carbons (Fsp3) is 0.375. The highest BCUT2D eigenvalue weighted by Gasteiger charge is 2.39. The highest BCUT2D eigenvalue weighted by Crippen LogP contribution is 2.38. The Balaban J connectivity index is 1.45. The first kappa shape index (κ1) is 20.9. The molecule has 2 N–H and O–H groups in total. The number of carbonyl (C=O) groups excluding carboxylic acids is 3. The van der Waals surface area contributed by atoms with Crippen LogP contribution in [-0.4, -0.2) is 31.4 Å². The molecule has 31 heavy (non-hydrogen) atoms. The number of hydrogen-bond donors (Lipinski definition) is 2. The summed E-state index contributed by atoms with van der Waals surface area (Å²) < 4.78 is 5.42. The summed E-state index contributed by atoms with van der Waals surface area (Å²) >= 11 is 0. The second-order valence-electron chi connectivity index (χ2n) is 8.23. The third-order valence-electron chi connectivity index (χ3n) is 5.91. The molecule has 1 aliphatic heterocycles. The van der Waals surface area contributed by atoms with Crippen molar-refractivity contribution in [2.24, 2.45) is 11.8 Å². The maximum atomic E-state index is 12.7. The Hall–Kier alpha value is -3.35. The van der Waals surface area contributed by atoms with E-state index in [1.54, 1.807) is 54.5 Å². The Kier molecular flexibility index (Phi) is 5.93. The number of nitrogens with one attached hydrogen (secondary N) is 2. The quantitative estimate of drug-likeness (QED) is 0.736. The number of amides is 3. The van der Waals surface area contributed by atoms with E-state index in [-0.39, 0.29) is 23.6 Å². The number of nitrogens with zero attached hydrogens (tertiary/aromatic N) is 1. The summed E-state index contributed by atoms with van der Waals surface area (Å²) in [6.07, 6.45) is 3.28. The smallest absolute Gasteiger partial charge is 0.255 e. The number of anilines is 3. The minimum atomic E-state index is -0.269. The van der Waals surface area contributed by atoms with Crippen LogP contribution in [0.25, 0.3) is 0 Å². The number of ether oxygens (including phenoxy) is 1. The van der Waals surface area contributed by atoms with Gasteiger partial charge in [0.25, 0.3) is 5.91 Å². The summed E-state index contributed by atoms with van der Waals surface area (Å²) in [6, 6.07) is 12.1. The molecule has 1 aliphatic carbocycles. The van der Waals surface area contributed by atoms with Gasteiger partial charge in [0, 0.05) is 35.8 Å². The van der Waals surface area contributed by atoms with Crippen LogP contribution in [0.3, 0.4) is 0 Å². The number of benzene rings is 2. The fourth-order valence-corrected chi connectivity index (χ4v) is 3.87. The van der Waals surface area contributed by atoms with Gasteiger partial charge in [-0.25, -0.2) is 0 Å². The molecule has 0 spiro atoms. The number of rotatable bonds is 6. The standard InChI is InChI=1S/C24H27N3O4/c1-15-13-19(15)24(30)25-17-8-6-16(7-9-17)23(29)26-18-10-11-21(31-2)20(14-18)27-12-4-3-5-22(27)28/h6-11,14-15,19H,3-5,12-13H2,1-2H3,(H,25,30)(H,26,29). The second kappa shape index (κ2) is 8.79. The maximum absolute atomic E-state index is 12.7. The van der Waals surface area contributed by atoms with Crippen molar-refractivity contribution >= 4 is 34.8 Å². The predicted molar refractivity (Wildman–Crippen MR) is 119 cm³/mol. The molecule has 2 aromatic carbocycles. The van der Waals surface area contributed by atoms with Gasteiger partial charge in [0.15, 0.2) is 0 Å². The first-order valence-corrected chi connectivity index (χ1v) is 10.7. The molecule has 2 aromatic rings. The van der Waals surface area contributed by atoms with E-state index in [1.165, 1.54) is 0 Å². The predicted octanol–water partition coefficient (Wildman–Crippen LogP) is 4.06. The Morgan fingerprint density at radius 2 is 1.74 bits per heavy atom. The normalized spacial score (nSPS) is 20.2. The molecule has 7 heteroatoms. The fourth-order valence-electron chi connectivity index (χ4n) is 3.87. The third kappa shape index (κ3) is 4.71. The Morgan fingerprint density at radius 3 is 2.39 bits per heavy atom. The van der Waals surface area contributed by atoms with Crippen LogP contribution in [-0.2, 0) is 9.59 Å². The summed E-state index contributed by atoms with van der Waals surface area (Å²) in [5.41, 5.74) is 2.40. The Labute approximate surface area is 181 Å². The summed E-state index contributed by atoms with van der Waals surface area (Å²) in [4.78, 5) is 38.8. The van der Waals surface area contributed by atoms with Crippen LogP contribution in [0.4, 0.5) is 17.1 Å². The van der Waals surface area contributed by atoms with Crippen LogP contribution >= 0.6 is 0 Å². The minimum Gasteiger partial charge on any atom is -0.495 e.